The number of halogens is 1. The molecule has 2 rings (SSSR count). The van der Waals surface area contributed by atoms with Gasteiger partial charge in [-0.2, -0.15) is 0 Å². The van der Waals surface area contributed by atoms with Crippen LogP contribution in [0.5, 0.6) is 0 Å². The first-order chi connectivity index (χ1) is 7.73. The van der Waals surface area contributed by atoms with Crippen molar-refractivity contribution in [1.29, 1.82) is 0 Å². The van der Waals surface area contributed by atoms with E-state index in [1.165, 1.54) is 0 Å². The zero-order valence-corrected chi connectivity index (χ0v) is 12.2. The third-order valence-electron chi connectivity index (χ3n) is 3.55. The molecule has 17 heavy (non-hydrogen) atoms. The lowest BCUT2D eigenvalue weighted by Crippen LogP contribution is -2.41. The number of nitrogen functional groups attached to an aromatic ring is 1. The lowest BCUT2D eigenvalue weighted by Gasteiger charge is -2.32. The lowest BCUT2D eigenvalue weighted by molar-refractivity contribution is 0.00578. The molecular weight excluding hydrogens is 281 g/mol. The zero-order valence-electron chi connectivity index (χ0n) is 10.6. The Morgan fingerprint density at radius 3 is 2.12 bits per heavy atom. The summed E-state index contributed by atoms with van der Waals surface area (Å²) >= 11 is 3.41. The highest BCUT2D eigenvalue weighted by Gasteiger charge is 2.51. The van der Waals surface area contributed by atoms with E-state index in [4.69, 9.17) is 15.0 Å². The van der Waals surface area contributed by atoms with E-state index in [9.17, 15) is 0 Å². The Hall–Kier alpha value is -0.515. The fourth-order valence-electron chi connectivity index (χ4n) is 1.67. The molecule has 1 aliphatic heterocycles. The molecule has 0 spiro atoms. The third-order valence-corrected chi connectivity index (χ3v) is 4.24. The fraction of sp³-hybridized carbons (Fsp3) is 0.500. The van der Waals surface area contributed by atoms with Crippen molar-refractivity contribution in [1.82, 2.24) is 0 Å². The first-order valence-corrected chi connectivity index (χ1v) is 6.43. The SMILES string of the molecule is CC1(C)OB(c2ccc(N)c(Br)c2)OC1(C)C. The summed E-state index contributed by atoms with van der Waals surface area (Å²) in [5.41, 5.74) is 6.83. The van der Waals surface area contributed by atoms with Gasteiger partial charge in [0.25, 0.3) is 0 Å². The molecule has 5 heteroatoms. The van der Waals surface area contributed by atoms with Gasteiger partial charge in [0, 0.05) is 10.2 Å². The van der Waals surface area contributed by atoms with Gasteiger partial charge in [-0.05, 0) is 61.2 Å². The molecule has 0 saturated carbocycles. The quantitative estimate of drug-likeness (QED) is 0.639. The van der Waals surface area contributed by atoms with Gasteiger partial charge >= 0.3 is 7.12 Å². The Balaban J connectivity index is 2.29. The van der Waals surface area contributed by atoms with Crippen molar-refractivity contribution >= 4 is 34.2 Å². The van der Waals surface area contributed by atoms with Crippen LogP contribution >= 0.6 is 15.9 Å². The number of hydrogen-bond acceptors (Lipinski definition) is 3. The summed E-state index contributed by atoms with van der Waals surface area (Å²) < 4.78 is 12.8. The van der Waals surface area contributed by atoms with Crippen molar-refractivity contribution in [2.75, 3.05) is 5.73 Å². The Labute approximate surface area is 111 Å². The molecule has 1 fully saturated rings. The molecule has 0 atom stereocenters. The summed E-state index contributed by atoms with van der Waals surface area (Å²) in [4.78, 5) is 0. The molecule has 1 heterocycles. The number of hydrogen-bond donors (Lipinski definition) is 1. The van der Waals surface area contributed by atoms with Gasteiger partial charge < -0.3 is 15.0 Å². The highest BCUT2D eigenvalue weighted by molar-refractivity contribution is 9.10. The van der Waals surface area contributed by atoms with Crippen molar-refractivity contribution in [2.45, 2.75) is 38.9 Å². The van der Waals surface area contributed by atoms with Crippen LogP contribution in [0, 0.1) is 0 Å². The van der Waals surface area contributed by atoms with Crippen LogP contribution in [0.25, 0.3) is 0 Å². The molecule has 1 saturated heterocycles. The van der Waals surface area contributed by atoms with Gasteiger partial charge in [0.1, 0.15) is 0 Å². The molecule has 3 nitrogen and oxygen atoms in total. The van der Waals surface area contributed by atoms with Crippen LogP contribution in [0.3, 0.4) is 0 Å². The van der Waals surface area contributed by atoms with Crippen molar-refractivity contribution in [3.8, 4) is 0 Å². The van der Waals surface area contributed by atoms with E-state index in [-0.39, 0.29) is 18.3 Å². The van der Waals surface area contributed by atoms with Crippen LogP contribution in [0.4, 0.5) is 5.69 Å². The fourth-order valence-corrected chi connectivity index (χ4v) is 2.07. The molecule has 0 amide bonds. The second kappa shape index (κ2) is 4.00. The number of rotatable bonds is 1. The van der Waals surface area contributed by atoms with Crippen molar-refractivity contribution < 1.29 is 9.31 Å². The summed E-state index contributed by atoms with van der Waals surface area (Å²) in [5, 5.41) is 0. The molecule has 1 aromatic rings. The minimum Gasteiger partial charge on any atom is -0.399 e. The summed E-state index contributed by atoms with van der Waals surface area (Å²) in [6.07, 6.45) is 0. The molecule has 1 aromatic carbocycles. The van der Waals surface area contributed by atoms with Gasteiger partial charge in [-0.3, -0.25) is 0 Å². The van der Waals surface area contributed by atoms with Gasteiger partial charge in [0.15, 0.2) is 0 Å². The largest absolute Gasteiger partial charge is 0.494 e. The van der Waals surface area contributed by atoms with Crippen LogP contribution in [0.1, 0.15) is 27.7 Å². The molecule has 2 N–H and O–H groups in total. The summed E-state index contributed by atoms with van der Waals surface area (Å²) in [6.45, 7) is 8.16. The van der Waals surface area contributed by atoms with Gasteiger partial charge in [-0.25, -0.2) is 0 Å². The predicted octanol–water partition coefficient (Wildman–Crippen LogP) is 2.33. The maximum atomic E-state index is 5.96. The minimum absolute atomic E-state index is 0.314. The average Bonchev–Trinajstić information content (AvgIpc) is 2.41. The maximum absolute atomic E-state index is 5.96. The minimum atomic E-state index is -0.336. The van der Waals surface area contributed by atoms with Gasteiger partial charge in [0.2, 0.25) is 0 Å². The standard InChI is InChI=1S/C12H17BBrNO2/c1-11(2)12(3,4)17-13(16-11)8-5-6-10(15)9(14)7-8/h5-7H,15H2,1-4H3. The van der Waals surface area contributed by atoms with Crippen LogP contribution in [0.2, 0.25) is 0 Å². The Kier molecular flexibility index (Phi) is 3.05. The van der Waals surface area contributed by atoms with E-state index < -0.39 is 0 Å². The monoisotopic (exact) mass is 297 g/mol. The Morgan fingerprint density at radius 2 is 1.65 bits per heavy atom. The van der Waals surface area contributed by atoms with E-state index in [2.05, 4.69) is 15.9 Å². The first-order valence-electron chi connectivity index (χ1n) is 5.63. The van der Waals surface area contributed by atoms with Crippen LogP contribution in [0.15, 0.2) is 22.7 Å². The zero-order chi connectivity index (χ0) is 12.8. The molecular formula is C12H17BBrNO2. The topological polar surface area (TPSA) is 44.5 Å². The lowest BCUT2D eigenvalue weighted by atomic mass is 9.79. The smallest absolute Gasteiger partial charge is 0.399 e. The molecule has 0 aromatic heterocycles. The third kappa shape index (κ3) is 2.24. The van der Waals surface area contributed by atoms with Crippen LogP contribution in [-0.4, -0.2) is 18.3 Å². The van der Waals surface area contributed by atoms with E-state index in [1.54, 1.807) is 0 Å². The van der Waals surface area contributed by atoms with E-state index in [0.717, 1.165) is 9.94 Å². The van der Waals surface area contributed by atoms with Gasteiger partial charge in [-0.15, -0.1) is 0 Å². The van der Waals surface area contributed by atoms with Crippen LogP contribution < -0.4 is 11.2 Å². The normalized spacial score (nSPS) is 21.8. The second-order valence-corrected chi connectivity index (χ2v) is 6.22. The molecule has 0 unspecified atom stereocenters. The summed E-state index contributed by atoms with van der Waals surface area (Å²) in [6, 6.07) is 5.73. The summed E-state index contributed by atoms with van der Waals surface area (Å²) in [5.74, 6) is 0. The Bertz CT molecular complexity index is 432. The highest BCUT2D eigenvalue weighted by Crippen LogP contribution is 2.36. The van der Waals surface area contributed by atoms with Gasteiger partial charge in [-0.1, -0.05) is 6.07 Å². The van der Waals surface area contributed by atoms with E-state index >= 15 is 0 Å². The van der Waals surface area contributed by atoms with Gasteiger partial charge in [0.05, 0.1) is 11.2 Å². The molecule has 0 aliphatic carbocycles. The second-order valence-electron chi connectivity index (χ2n) is 5.37. The molecule has 1 aliphatic rings. The predicted molar refractivity (Wildman–Crippen MR) is 74.3 cm³/mol. The average molecular weight is 298 g/mol. The maximum Gasteiger partial charge on any atom is 0.494 e. The van der Waals surface area contributed by atoms with Crippen molar-refractivity contribution in [3.63, 3.8) is 0 Å². The van der Waals surface area contributed by atoms with E-state index in [0.29, 0.717) is 5.69 Å². The first kappa shape index (κ1) is 12.9. The number of benzene rings is 1. The summed E-state index contributed by atoms with van der Waals surface area (Å²) in [7, 11) is -0.336. The van der Waals surface area contributed by atoms with Crippen molar-refractivity contribution in [2.24, 2.45) is 0 Å². The number of nitrogens with two attached hydrogens (primary N) is 1. The van der Waals surface area contributed by atoms with Crippen molar-refractivity contribution in [3.05, 3.63) is 22.7 Å². The molecule has 0 radical (unpaired) electrons. The van der Waals surface area contributed by atoms with E-state index in [1.807, 2.05) is 45.9 Å². The Morgan fingerprint density at radius 1 is 1.12 bits per heavy atom. The van der Waals surface area contributed by atoms with Crippen LogP contribution in [-0.2, 0) is 9.31 Å². The molecule has 0 bridgehead atoms. The number of anilines is 1. The highest BCUT2D eigenvalue weighted by atomic mass is 79.9. The molecule has 92 valence electrons.